The van der Waals surface area contributed by atoms with Gasteiger partial charge in [-0.1, -0.05) is 84.9 Å². The highest BCUT2D eigenvalue weighted by molar-refractivity contribution is 7.25. The lowest BCUT2D eigenvalue weighted by molar-refractivity contribution is 1.16. The van der Waals surface area contributed by atoms with Gasteiger partial charge in [-0.25, -0.2) is 0 Å². The summed E-state index contributed by atoms with van der Waals surface area (Å²) in [7, 11) is 0. The number of para-hydroxylation sites is 1. The number of hydrogen-bond acceptors (Lipinski definition) is 1. The maximum Gasteiger partial charge on any atom is 0.0563 e. The molecule has 0 unspecified atom stereocenters. The average Bonchev–Trinajstić information content (AvgIpc) is 3.65. The second-order valence-corrected chi connectivity index (χ2v) is 11.3. The maximum absolute atomic E-state index is 2.45. The predicted molar refractivity (Wildman–Crippen MR) is 167 cm³/mol. The van der Waals surface area contributed by atoms with E-state index < -0.39 is 0 Å². The number of hydrogen-bond donors (Lipinski definition) is 0. The summed E-state index contributed by atoms with van der Waals surface area (Å²) in [4.78, 5) is 0. The molecule has 3 aromatic heterocycles. The van der Waals surface area contributed by atoms with E-state index in [0.717, 1.165) is 0 Å². The molecular weight excluding hydrogens is 492 g/mol. The third-order valence-corrected chi connectivity index (χ3v) is 9.24. The number of benzene rings is 6. The van der Waals surface area contributed by atoms with Crippen LogP contribution in [0.4, 0.5) is 0 Å². The van der Waals surface area contributed by atoms with E-state index in [1.165, 1.54) is 75.5 Å². The Morgan fingerprint density at radius 1 is 0.436 bits per heavy atom. The molecule has 39 heavy (non-hydrogen) atoms. The molecule has 0 radical (unpaired) electrons. The minimum atomic E-state index is 1.21. The molecule has 0 N–H and O–H groups in total. The van der Waals surface area contributed by atoms with Crippen molar-refractivity contribution in [2.75, 3.05) is 0 Å². The number of nitrogens with zero attached hydrogens (tertiary/aromatic N) is 2. The van der Waals surface area contributed by atoms with Gasteiger partial charge in [-0.05, 0) is 54.1 Å². The van der Waals surface area contributed by atoms with Crippen LogP contribution in [-0.2, 0) is 0 Å². The Kier molecular flexibility index (Phi) is 4.24. The van der Waals surface area contributed by atoms with E-state index in [1.807, 2.05) is 11.3 Å². The van der Waals surface area contributed by atoms with Gasteiger partial charge in [0.1, 0.15) is 0 Å². The van der Waals surface area contributed by atoms with Gasteiger partial charge < -0.3 is 9.13 Å². The quantitative estimate of drug-likeness (QED) is 0.222. The molecule has 0 aliphatic carbocycles. The summed E-state index contributed by atoms with van der Waals surface area (Å²) in [5.41, 5.74) is 9.85. The van der Waals surface area contributed by atoms with Gasteiger partial charge in [0.2, 0.25) is 0 Å². The van der Waals surface area contributed by atoms with Crippen LogP contribution < -0.4 is 0 Å². The van der Waals surface area contributed by atoms with Crippen LogP contribution >= 0.6 is 11.3 Å². The second-order valence-electron chi connectivity index (χ2n) is 10.2. The van der Waals surface area contributed by atoms with Crippen LogP contribution in [0.2, 0.25) is 0 Å². The van der Waals surface area contributed by atoms with Crippen LogP contribution in [-0.4, -0.2) is 9.13 Å². The van der Waals surface area contributed by atoms with E-state index in [4.69, 9.17) is 0 Å². The zero-order valence-corrected chi connectivity index (χ0v) is 21.8. The Morgan fingerprint density at radius 2 is 1.05 bits per heavy atom. The third-order valence-electron chi connectivity index (χ3n) is 8.10. The largest absolute Gasteiger partial charge is 0.309 e. The Bertz CT molecular complexity index is 2270. The zero-order valence-electron chi connectivity index (χ0n) is 21.0. The van der Waals surface area contributed by atoms with Gasteiger partial charge in [-0.3, -0.25) is 0 Å². The summed E-state index contributed by atoms with van der Waals surface area (Å²) in [6, 6.07) is 48.6. The van der Waals surface area contributed by atoms with Crippen molar-refractivity contribution in [3.05, 3.63) is 133 Å². The molecule has 0 saturated heterocycles. The number of thiophene rings is 1. The lowest BCUT2D eigenvalue weighted by Gasteiger charge is -2.15. The maximum atomic E-state index is 2.45. The van der Waals surface area contributed by atoms with Gasteiger partial charge in [0.05, 0.1) is 27.8 Å². The first kappa shape index (κ1) is 21.1. The van der Waals surface area contributed by atoms with Crippen LogP contribution in [0.3, 0.4) is 0 Å². The molecule has 0 spiro atoms. The molecule has 2 nitrogen and oxygen atoms in total. The molecule has 0 amide bonds. The van der Waals surface area contributed by atoms with Gasteiger partial charge in [0.15, 0.2) is 0 Å². The molecule has 6 aromatic carbocycles. The Morgan fingerprint density at radius 3 is 1.82 bits per heavy atom. The van der Waals surface area contributed by atoms with E-state index in [0.29, 0.717) is 0 Å². The van der Waals surface area contributed by atoms with Crippen molar-refractivity contribution in [2.45, 2.75) is 0 Å². The zero-order chi connectivity index (χ0) is 25.5. The van der Waals surface area contributed by atoms with Gasteiger partial charge >= 0.3 is 0 Å². The van der Waals surface area contributed by atoms with Crippen LogP contribution in [0.25, 0.3) is 75.5 Å². The molecule has 0 bridgehead atoms. The van der Waals surface area contributed by atoms with Crippen molar-refractivity contribution in [3.63, 3.8) is 0 Å². The third kappa shape index (κ3) is 2.85. The Balaban J connectivity index is 1.35. The molecule has 0 aliphatic heterocycles. The normalized spacial score (nSPS) is 12.1. The molecule has 9 rings (SSSR count). The van der Waals surface area contributed by atoms with Crippen molar-refractivity contribution < 1.29 is 0 Å². The molecule has 182 valence electrons. The fraction of sp³-hybridized carbons (Fsp3) is 0. The summed E-state index contributed by atoms with van der Waals surface area (Å²) >= 11 is 1.87. The topological polar surface area (TPSA) is 9.86 Å². The van der Waals surface area contributed by atoms with E-state index in [1.54, 1.807) is 0 Å². The summed E-state index contributed by atoms with van der Waals surface area (Å²) in [6.45, 7) is 0. The van der Waals surface area contributed by atoms with Gasteiger partial charge in [0, 0.05) is 42.2 Å². The van der Waals surface area contributed by atoms with Crippen LogP contribution in [0, 0.1) is 0 Å². The van der Waals surface area contributed by atoms with Gasteiger partial charge in [-0.15, -0.1) is 11.3 Å². The van der Waals surface area contributed by atoms with Crippen molar-refractivity contribution in [1.29, 1.82) is 0 Å². The van der Waals surface area contributed by atoms with Crippen molar-refractivity contribution in [3.8, 4) is 22.5 Å². The van der Waals surface area contributed by atoms with Crippen LogP contribution in [0.15, 0.2) is 133 Å². The van der Waals surface area contributed by atoms with Crippen LogP contribution in [0.5, 0.6) is 0 Å². The highest BCUT2D eigenvalue weighted by atomic mass is 32.1. The lowest BCUT2D eigenvalue weighted by atomic mass is 10.0. The Hall–Kier alpha value is -4.86. The molecule has 3 heterocycles. The minimum absolute atomic E-state index is 1.21. The number of aromatic nitrogens is 2. The van der Waals surface area contributed by atoms with E-state index in [2.05, 4.69) is 143 Å². The van der Waals surface area contributed by atoms with E-state index >= 15 is 0 Å². The van der Waals surface area contributed by atoms with Crippen LogP contribution in [0.1, 0.15) is 0 Å². The van der Waals surface area contributed by atoms with Crippen molar-refractivity contribution in [1.82, 2.24) is 9.13 Å². The standard InChI is InChI=1S/C36H22N2S/c1-2-10-23(11-3-1)25-12-4-6-14-28(25)38-31-17-8-15-29-35(31)36-30(16-9-18-32(36)38)37(29)24-20-21-27-26-13-5-7-19-33(26)39-34(27)22-24/h1-22H. The lowest BCUT2D eigenvalue weighted by Crippen LogP contribution is -1.99. The highest BCUT2D eigenvalue weighted by Crippen LogP contribution is 2.44. The monoisotopic (exact) mass is 514 g/mol. The summed E-state index contributed by atoms with van der Waals surface area (Å²) < 4.78 is 7.56. The van der Waals surface area contributed by atoms with E-state index in [-0.39, 0.29) is 0 Å². The second kappa shape index (κ2) is 7.83. The molecule has 0 aliphatic rings. The minimum Gasteiger partial charge on any atom is -0.309 e. The summed E-state index contributed by atoms with van der Waals surface area (Å²) in [6.07, 6.45) is 0. The first-order valence-electron chi connectivity index (χ1n) is 13.3. The highest BCUT2D eigenvalue weighted by Gasteiger charge is 2.23. The van der Waals surface area contributed by atoms with Gasteiger partial charge in [0.25, 0.3) is 0 Å². The Labute approximate surface area is 228 Å². The number of fused-ring (bicyclic) bond motifs is 3. The predicted octanol–water partition coefficient (Wildman–Crippen LogP) is 10.2. The summed E-state index contributed by atoms with van der Waals surface area (Å²) in [5.74, 6) is 0. The fourth-order valence-electron chi connectivity index (χ4n) is 6.50. The van der Waals surface area contributed by atoms with E-state index in [9.17, 15) is 0 Å². The molecule has 3 heteroatoms. The average molecular weight is 515 g/mol. The molecule has 0 atom stereocenters. The van der Waals surface area contributed by atoms with Gasteiger partial charge in [-0.2, -0.15) is 0 Å². The SMILES string of the molecule is c1ccc(-c2ccccc2-n2c3cccc4c3c3c(cccc32)n4-c2ccc3c(c2)sc2ccccc23)cc1. The smallest absolute Gasteiger partial charge is 0.0563 e. The van der Waals surface area contributed by atoms with Crippen molar-refractivity contribution in [2.24, 2.45) is 0 Å². The molecule has 0 saturated carbocycles. The molecule has 0 fully saturated rings. The van der Waals surface area contributed by atoms with Crippen molar-refractivity contribution >= 4 is 64.3 Å². The first-order chi connectivity index (χ1) is 19.4. The molecular formula is C36H22N2S. The first-order valence-corrected chi connectivity index (χ1v) is 14.1. The number of rotatable bonds is 3. The summed E-state index contributed by atoms with van der Waals surface area (Å²) in [5, 5.41) is 5.31. The fourth-order valence-corrected chi connectivity index (χ4v) is 7.63. The molecule has 9 aromatic rings.